The van der Waals surface area contributed by atoms with E-state index < -0.39 is 0 Å². The van der Waals surface area contributed by atoms with Gasteiger partial charge in [-0.2, -0.15) is 5.26 Å². The van der Waals surface area contributed by atoms with Gasteiger partial charge in [-0.25, -0.2) is 0 Å². The molecule has 0 aromatic heterocycles. The first-order valence-electron chi connectivity index (χ1n) is 10.1. The number of benzene rings is 3. The number of fused-ring (bicyclic) bond motifs is 1. The molecule has 0 aliphatic carbocycles. The fourth-order valence-electron chi connectivity index (χ4n) is 4.20. The van der Waals surface area contributed by atoms with Crippen molar-refractivity contribution in [1.82, 2.24) is 4.90 Å². The summed E-state index contributed by atoms with van der Waals surface area (Å²) in [6, 6.07) is 23.5. The second-order valence-corrected chi connectivity index (χ2v) is 7.70. The maximum Gasteiger partial charge on any atom is 0.0991 e. The Balaban J connectivity index is 1.49. The lowest BCUT2D eigenvalue weighted by Crippen LogP contribution is -2.42. The van der Waals surface area contributed by atoms with Crippen LogP contribution < -0.4 is 0 Å². The maximum absolute atomic E-state index is 9.59. The van der Waals surface area contributed by atoms with Crippen LogP contribution in [-0.2, 0) is 6.42 Å². The van der Waals surface area contributed by atoms with E-state index in [0.29, 0.717) is 11.6 Å². The van der Waals surface area contributed by atoms with Gasteiger partial charge in [-0.15, -0.1) is 0 Å². The lowest BCUT2D eigenvalue weighted by molar-refractivity contribution is 0.0913. The molecule has 3 heteroatoms. The zero-order valence-electron chi connectivity index (χ0n) is 16.1. The third-order valence-corrected chi connectivity index (χ3v) is 5.90. The second kappa shape index (κ2) is 8.56. The highest BCUT2D eigenvalue weighted by molar-refractivity contribution is 5.87. The monoisotopic (exact) mass is 370 g/mol. The lowest BCUT2D eigenvalue weighted by atomic mass is 9.98. The molecule has 1 aliphatic rings. The molecule has 28 heavy (non-hydrogen) atoms. The molecule has 1 fully saturated rings. The molecule has 3 aromatic rings. The molecule has 3 aromatic carbocycles. The molecule has 0 saturated carbocycles. The Morgan fingerprint density at radius 3 is 2.46 bits per heavy atom. The van der Waals surface area contributed by atoms with Crippen molar-refractivity contribution in [3.8, 4) is 17.2 Å². The number of nitriles is 1. The van der Waals surface area contributed by atoms with Gasteiger partial charge >= 0.3 is 0 Å². The third kappa shape index (κ3) is 4.09. The van der Waals surface area contributed by atoms with Crippen molar-refractivity contribution in [2.45, 2.75) is 31.7 Å². The predicted octanol–water partition coefficient (Wildman–Crippen LogP) is 4.77. The fraction of sp³-hybridized carbons (Fsp3) is 0.320. The summed E-state index contributed by atoms with van der Waals surface area (Å²) >= 11 is 0. The van der Waals surface area contributed by atoms with Crippen LogP contribution in [0.5, 0.6) is 0 Å². The van der Waals surface area contributed by atoms with Crippen LogP contribution in [0.4, 0.5) is 0 Å². The molecule has 1 heterocycles. The lowest BCUT2D eigenvalue weighted by Gasteiger charge is -2.34. The van der Waals surface area contributed by atoms with Gasteiger partial charge in [0.15, 0.2) is 0 Å². The normalized spacial score (nSPS) is 17.5. The Hall–Kier alpha value is -2.67. The van der Waals surface area contributed by atoms with Gasteiger partial charge in [-0.05, 0) is 71.5 Å². The van der Waals surface area contributed by atoms with E-state index in [-0.39, 0.29) is 6.61 Å². The van der Waals surface area contributed by atoms with Crippen LogP contribution in [0, 0.1) is 11.3 Å². The Morgan fingerprint density at radius 2 is 1.68 bits per heavy atom. The molecule has 0 radical (unpaired) electrons. The molecule has 142 valence electrons. The summed E-state index contributed by atoms with van der Waals surface area (Å²) in [5, 5.41) is 21.0. The van der Waals surface area contributed by atoms with Crippen LogP contribution in [0.25, 0.3) is 21.9 Å². The van der Waals surface area contributed by atoms with E-state index in [1.54, 1.807) is 0 Å². The molecular formula is C25H26N2O. The maximum atomic E-state index is 9.59. The predicted molar refractivity (Wildman–Crippen MR) is 114 cm³/mol. The number of nitrogens with zero attached hydrogens (tertiary/aromatic N) is 2. The number of hydrogen-bond donors (Lipinski definition) is 1. The quantitative estimate of drug-likeness (QED) is 0.704. The standard InChI is InChI=1S/C25H26N2O/c26-17-20-5-7-21(8-6-20)23-11-10-22-15-19(4-9-24(22)16-23)12-14-27-13-2-1-3-25(27)18-28/h4-11,15-16,25,28H,1-3,12-14,18H2/t25-/m1/s1. The molecule has 0 amide bonds. The van der Waals surface area contributed by atoms with Gasteiger partial charge in [0, 0.05) is 12.6 Å². The van der Waals surface area contributed by atoms with Crippen LogP contribution in [0.1, 0.15) is 30.4 Å². The smallest absolute Gasteiger partial charge is 0.0991 e. The minimum Gasteiger partial charge on any atom is -0.395 e. The van der Waals surface area contributed by atoms with Gasteiger partial charge in [0.25, 0.3) is 0 Å². The van der Waals surface area contributed by atoms with Crippen LogP contribution >= 0.6 is 0 Å². The minimum atomic E-state index is 0.274. The summed E-state index contributed by atoms with van der Waals surface area (Å²) in [5.74, 6) is 0. The largest absolute Gasteiger partial charge is 0.395 e. The van der Waals surface area contributed by atoms with Crippen LogP contribution in [0.3, 0.4) is 0 Å². The van der Waals surface area contributed by atoms with Crippen molar-refractivity contribution in [3.05, 3.63) is 71.8 Å². The molecule has 1 saturated heterocycles. The van der Waals surface area contributed by atoms with E-state index in [0.717, 1.165) is 31.5 Å². The molecule has 0 spiro atoms. The molecule has 1 N–H and O–H groups in total. The van der Waals surface area contributed by atoms with E-state index in [4.69, 9.17) is 5.26 Å². The highest BCUT2D eigenvalue weighted by Gasteiger charge is 2.20. The Morgan fingerprint density at radius 1 is 0.929 bits per heavy atom. The molecule has 0 unspecified atom stereocenters. The molecule has 4 rings (SSSR count). The van der Waals surface area contributed by atoms with Crippen molar-refractivity contribution in [2.75, 3.05) is 19.7 Å². The van der Waals surface area contributed by atoms with Gasteiger partial charge < -0.3 is 5.11 Å². The van der Waals surface area contributed by atoms with E-state index in [1.165, 1.54) is 34.7 Å². The van der Waals surface area contributed by atoms with Crippen molar-refractivity contribution < 1.29 is 5.11 Å². The molecule has 1 aliphatic heterocycles. The van der Waals surface area contributed by atoms with Crippen molar-refractivity contribution >= 4 is 10.8 Å². The Bertz CT molecular complexity index is 988. The first kappa shape index (κ1) is 18.7. The van der Waals surface area contributed by atoms with Gasteiger partial charge in [-0.3, -0.25) is 4.90 Å². The van der Waals surface area contributed by atoms with Crippen LogP contribution in [0.2, 0.25) is 0 Å². The second-order valence-electron chi connectivity index (χ2n) is 7.70. The number of piperidine rings is 1. The Kier molecular flexibility index (Phi) is 5.71. The van der Waals surface area contributed by atoms with Gasteiger partial charge in [-0.1, -0.05) is 48.9 Å². The SMILES string of the molecule is N#Cc1ccc(-c2ccc3cc(CCN4CCCC[C@@H]4CO)ccc3c2)cc1. The summed E-state index contributed by atoms with van der Waals surface area (Å²) in [7, 11) is 0. The molecule has 3 nitrogen and oxygen atoms in total. The number of hydrogen-bond acceptors (Lipinski definition) is 3. The van der Waals surface area contributed by atoms with Gasteiger partial charge in [0.05, 0.1) is 18.2 Å². The fourth-order valence-corrected chi connectivity index (χ4v) is 4.20. The third-order valence-electron chi connectivity index (χ3n) is 5.90. The number of rotatable bonds is 5. The molecular weight excluding hydrogens is 344 g/mol. The van der Waals surface area contributed by atoms with Crippen LogP contribution in [-0.4, -0.2) is 35.7 Å². The van der Waals surface area contributed by atoms with Crippen molar-refractivity contribution in [1.29, 1.82) is 5.26 Å². The zero-order valence-corrected chi connectivity index (χ0v) is 16.1. The highest BCUT2D eigenvalue weighted by atomic mass is 16.3. The highest BCUT2D eigenvalue weighted by Crippen LogP contribution is 2.26. The van der Waals surface area contributed by atoms with Gasteiger partial charge in [0.2, 0.25) is 0 Å². The Labute approximate surface area is 166 Å². The zero-order chi connectivity index (χ0) is 19.3. The van der Waals surface area contributed by atoms with E-state index in [9.17, 15) is 5.11 Å². The molecule has 0 bridgehead atoms. The summed E-state index contributed by atoms with van der Waals surface area (Å²) in [4.78, 5) is 2.45. The van der Waals surface area contributed by atoms with Crippen molar-refractivity contribution in [2.24, 2.45) is 0 Å². The number of aliphatic hydroxyl groups excluding tert-OH is 1. The van der Waals surface area contributed by atoms with E-state index in [1.807, 2.05) is 24.3 Å². The molecule has 1 atom stereocenters. The number of aliphatic hydroxyl groups is 1. The first-order chi connectivity index (χ1) is 13.8. The minimum absolute atomic E-state index is 0.274. The average Bonchev–Trinajstić information content (AvgIpc) is 2.77. The van der Waals surface area contributed by atoms with Gasteiger partial charge in [0.1, 0.15) is 0 Å². The average molecular weight is 370 g/mol. The van der Waals surface area contributed by atoms with Crippen LogP contribution in [0.15, 0.2) is 60.7 Å². The van der Waals surface area contributed by atoms with E-state index in [2.05, 4.69) is 47.4 Å². The summed E-state index contributed by atoms with van der Waals surface area (Å²) in [6.45, 7) is 2.39. The summed E-state index contributed by atoms with van der Waals surface area (Å²) in [5.41, 5.74) is 4.33. The summed E-state index contributed by atoms with van der Waals surface area (Å²) < 4.78 is 0. The first-order valence-corrected chi connectivity index (χ1v) is 10.1. The van der Waals surface area contributed by atoms with E-state index >= 15 is 0 Å². The van der Waals surface area contributed by atoms with Crippen molar-refractivity contribution in [3.63, 3.8) is 0 Å². The number of likely N-dealkylation sites (tertiary alicyclic amines) is 1. The summed E-state index contributed by atoms with van der Waals surface area (Å²) in [6.07, 6.45) is 4.61. The topological polar surface area (TPSA) is 47.3 Å².